The smallest absolute Gasteiger partial charge is 0.312 e. The number of unbranched alkanes of at least 4 members (excludes halogenated alkanes) is 3. The van der Waals surface area contributed by atoms with E-state index in [-0.39, 0.29) is 5.84 Å². The minimum absolute atomic E-state index is 0.0464. The SMILES string of the molecule is CCCCCCN([C]=O)Cc1ccc(C(=N)NO)cc1. The van der Waals surface area contributed by atoms with E-state index in [9.17, 15) is 4.79 Å². The number of nitrogens with one attached hydrogen (secondary N) is 2. The van der Waals surface area contributed by atoms with Crippen molar-refractivity contribution in [1.29, 1.82) is 5.41 Å². The van der Waals surface area contributed by atoms with Crippen LogP contribution in [-0.4, -0.2) is 28.9 Å². The first-order valence-electron chi connectivity index (χ1n) is 6.92. The molecule has 0 spiro atoms. The Morgan fingerprint density at radius 2 is 2.00 bits per heavy atom. The maximum absolute atomic E-state index is 10.9. The van der Waals surface area contributed by atoms with Crippen LogP contribution in [0.4, 0.5) is 0 Å². The number of hydroxylamine groups is 1. The third kappa shape index (κ3) is 5.40. The monoisotopic (exact) mass is 276 g/mol. The van der Waals surface area contributed by atoms with Gasteiger partial charge in [-0.2, -0.15) is 0 Å². The molecule has 5 heteroatoms. The summed E-state index contributed by atoms with van der Waals surface area (Å²) in [6, 6.07) is 7.16. The van der Waals surface area contributed by atoms with Crippen molar-refractivity contribution in [3.8, 4) is 0 Å². The van der Waals surface area contributed by atoms with Gasteiger partial charge in [-0.1, -0.05) is 50.5 Å². The predicted octanol–water partition coefficient (Wildman–Crippen LogP) is 2.44. The van der Waals surface area contributed by atoms with E-state index in [1.165, 1.54) is 12.8 Å². The van der Waals surface area contributed by atoms with E-state index < -0.39 is 0 Å². The lowest BCUT2D eigenvalue weighted by molar-refractivity contribution is 0.234. The van der Waals surface area contributed by atoms with Crippen molar-refractivity contribution >= 4 is 12.2 Å². The molecule has 0 aromatic heterocycles. The molecule has 0 atom stereocenters. The Labute approximate surface area is 120 Å². The number of carbonyl (C=O) groups excluding carboxylic acids is 1. The maximum Gasteiger partial charge on any atom is 0.312 e. The second-order valence-corrected chi connectivity index (χ2v) is 4.76. The number of amidine groups is 1. The molecule has 0 bridgehead atoms. The fourth-order valence-electron chi connectivity index (χ4n) is 1.95. The summed E-state index contributed by atoms with van der Waals surface area (Å²) in [5.74, 6) is -0.0464. The van der Waals surface area contributed by atoms with Gasteiger partial charge in [0.05, 0.1) is 0 Å². The summed E-state index contributed by atoms with van der Waals surface area (Å²) < 4.78 is 0. The van der Waals surface area contributed by atoms with E-state index in [0.29, 0.717) is 12.1 Å². The molecule has 1 aromatic rings. The number of nitrogens with zero attached hydrogens (tertiary/aromatic N) is 1. The zero-order chi connectivity index (χ0) is 14.8. The molecular formula is C15H22N3O2. The largest absolute Gasteiger partial charge is 0.330 e. The summed E-state index contributed by atoms with van der Waals surface area (Å²) in [5.41, 5.74) is 3.39. The molecule has 0 saturated heterocycles. The average molecular weight is 276 g/mol. The van der Waals surface area contributed by atoms with Crippen LogP contribution in [0.5, 0.6) is 0 Å². The standard InChI is InChI=1S/C15H22N3O2/c1-2-3-4-5-10-18(12-19)11-13-6-8-14(9-7-13)15(16)17-20/h6-9,20H,2-5,10-11H2,1H3,(H2,16,17). The van der Waals surface area contributed by atoms with Crippen LogP contribution in [0.15, 0.2) is 24.3 Å². The van der Waals surface area contributed by atoms with Crippen molar-refractivity contribution in [3.05, 3.63) is 35.4 Å². The number of hydrogen-bond donors (Lipinski definition) is 3. The van der Waals surface area contributed by atoms with Crippen LogP contribution in [0.1, 0.15) is 43.7 Å². The maximum atomic E-state index is 10.9. The summed E-state index contributed by atoms with van der Waals surface area (Å²) in [6.07, 6.45) is 6.47. The molecule has 0 aliphatic heterocycles. The quantitative estimate of drug-likeness (QED) is 0.213. The fourth-order valence-corrected chi connectivity index (χ4v) is 1.95. The molecule has 0 heterocycles. The van der Waals surface area contributed by atoms with Crippen molar-refractivity contribution in [2.75, 3.05) is 6.54 Å². The number of amides is 1. The molecule has 1 amide bonds. The molecule has 1 radical (unpaired) electrons. The normalized spacial score (nSPS) is 10.1. The van der Waals surface area contributed by atoms with Gasteiger partial charge in [0.2, 0.25) is 0 Å². The van der Waals surface area contributed by atoms with Gasteiger partial charge in [-0.15, -0.1) is 0 Å². The highest BCUT2D eigenvalue weighted by molar-refractivity contribution is 5.95. The zero-order valence-electron chi connectivity index (χ0n) is 11.9. The highest BCUT2D eigenvalue weighted by Crippen LogP contribution is 2.08. The molecule has 0 aliphatic carbocycles. The molecule has 0 saturated carbocycles. The highest BCUT2D eigenvalue weighted by Gasteiger charge is 2.05. The average Bonchev–Trinajstić information content (AvgIpc) is 2.50. The van der Waals surface area contributed by atoms with E-state index in [0.717, 1.165) is 24.9 Å². The number of rotatable bonds is 9. The summed E-state index contributed by atoms with van der Waals surface area (Å²) in [7, 11) is 0. The first kappa shape index (κ1) is 16.2. The van der Waals surface area contributed by atoms with E-state index in [1.54, 1.807) is 22.5 Å². The fraction of sp³-hybridized carbons (Fsp3) is 0.467. The third-order valence-corrected chi connectivity index (χ3v) is 3.14. The van der Waals surface area contributed by atoms with Crippen LogP contribution < -0.4 is 5.48 Å². The Kier molecular flexibility index (Phi) is 7.35. The van der Waals surface area contributed by atoms with E-state index in [1.807, 2.05) is 18.5 Å². The van der Waals surface area contributed by atoms with Gasteiger partial charge in [-0.25, -0.2) is 0 Å². The third-order valence-electron chi connectivity index (χ3n) is 3.14. The van der Waals surface area contributed by atoms with Gasteiger partial charge in [-0.05, 0) is 12.0 Å². The lowest BCUT2D eigenvalue weighted by Gasteiger charge is -2.16. The Hall–Kier alpha value is -1.88. The molecule has 109 valence electrons. The van der Waals surface area contributed by atoms with Gasteiger partial charge < -0.3 is 4.90 Å². The first-order valence-corrected chi connectivity index (χ1v) is 6.92. The van der Waals surface area contributed by atoms with Crippen molar-refractivity contribution in [2.24, 2.45) is 0 Å². The molecule has 5 nitrogen and oxygen atoms in total. The molecule has 20 heavy (non-hydrogen) atoms. The van der Waals surface area contributed by atoms with Gasteiger partial charge in [0.1, 0.15) is 5.84 Å². The number of hydrogen-bond acceptors (Lipinski definition) is 3. The molecule has 0 unspecified atom stereocenters. The molecule has 0 aliphatic rings. The van der Waals surface area contributed by atoms with Crippen LogP contribution >= 0.6 is 0 Å². The van der Waals surface area contributed by atoms with E-state index in [4.69, 9.17) is 10.6 Å². The molecule has 1 rings (SSSR count). The Morgan fingerprint density at radius 1 is 1.30 bits per heavy atom. The van der Waals surface area contributed by atoms with Crippen molar-refractivity contribution in [2.45, 2.75) is 39.2 Å². The summed E-state index contributed by atoms with van der Waals surface area (Å²) in [5, 5.41) is 16.1. The van der Waals surface area contributed by atoms with Crippen molar-refractivity contribution < 1.29 is 10.0 Å². The van der Waals surface area contributed by atoms with Gasteiger partial charge in [0.25, 0.3) is 0 Å². The summed E-state index contributed by atoms with van der Waals surface area (Å²) in [4.78, 5) is 12.6. The summed E-state index contributed by atoms with van der Waals surface area (Å²) in [6.45, 7) is 3.40. The first-order chi connectivity index (χ1) is 9.71. The second-order valence-electron chi connectivity index (χ2n) is 4.76. The van der Waals surface area contributed by atoms with Crippen molar-refractivity contribution in [3.63, 3.8) is 0 Å². The highest BCUT2D eigenvalue weighted by atomic mass is 16.5. The molecule has 1 aromatic carbocycles. The topological polar surface area (TPSA) is 76.4 Å². The summed E-state index contributed by atoms with van der Waals surface area (Å²) >= 11 is 0. The van der Waals surface area contributed by atoms with Crippen LogP contribution in [0.2, 0.25) is 0 Å². The Morgan fingerprint density at radius 3 is 2.55 bits per heavy atom. The zero-order valence-corrected chi connectivity index (χ0v) is 11.9. The Balaban J connectivity index is 2.48. The van der Waals surface area contributed by atoms with E-state index >= 15 is 0 Å². The predicted molar refractivity (Wildman–Crippen MR) is 78.4 cm³/mol. The Bertz CT molecular complexity index is 418. The number of benzene rings is 1. The minimum atomic E-state index is -0.0464. The van der Waals surface area contributed by atoms with Crippen LogP contribution in [0.3, 0.4) is 0 Å². The minimum Gasteiger partial charge on any atom is -0.330 e. The van der Waals surface area contributed by atoms with Crippen LogP contribution in [-0.2, 0) is 11.3 Å². The van der Waals surface area contributed by atoms with Gasteiger partial charge in [0.15, 0.2) is 0 Å². The van der Waals surface area contributed by atoms with E-state index in [2.05, 4.69) is 6.92 Å². The van der Waals surface area contributed by atoms with Crippen LogP contribution in [0.25, 0.3) is 0 Å². The van der Waals surface area contributed by atoms with Gasteiger partial charge in [0, 0.05) is 18.7 Å². The van der Waals surface area contributed by atoms with Gasteiger partial charge in [-0.3, -0.25) is 20.9 Å². The lowest BCUT2D eigenvalue weighted by atomic mass is 10.1. The molecule has 3 N–H and O–H groups in total. The second kappa shape index (κ2) is 9.09. The molecular weight excluding hydrogens is 254 g/mol. The van der Waals surface area contributed by atoms with Gasteiger partial charge >= 0.3 is 6.41 Å². The molecule has 0 fully saturated rings. The lowest BCUT2D eigenvalue weighted by Crippen LogP contribution is -2.23. The van der Waals surface area contributed by atoms with Crippen molar-refractivity contribution in [1.82, 2.24) is 10.4 Å². The van der Waals surface area contributed by atoms with Crippen LogP contribution in [0, 0.1) is 5.41 Å².